The number of carbonyl (C=O) groups is 2. The number of aromatic nitrogens is 4. The summed E-state index contributed by atoms with van der Waals surface area (Å²) in [5, 5.41) is 15.6. The number of aromatic amines is 1. The van der Waals surface area contributed by atoms with Gasteiger partial charge in [0.1, 0.15) is 18.2 Å². The number of amides is 2. The number of nitrogens with zero attached hydrogens (tertiary/aromatic N) is 4. The number of hydrogen-bond acceptors (Lipinski definition) is 11. The molecule has 0 aliphatic carbocycles. The second kappa shape index (κ2) is 18.7. The van der Waals surface area contributed by atoms with Crippen molar-refractivity contribution in [2.24, 2.45) is 17.5 Å². The van der Waals surface area contributed by atoms with Gasteiger partial charge in [0.05, 0.1) is 13.2 Å². The number of nitrogens with two attached hydrogens (primary N) is 3. The SMILES string of the molecule is CCCCOc1nc(N)c2[nH]c(=O)n(Cc3ccc(CN4CCC(CCNC(=O)[C@H](CCCNC(=N)N)NC(=O)CON)CC4)cc3)c2n1. The van der Waals surface area contributed by atoms with Gasteiger partial charge in [-0.1, -0.05) is 37.6 Å². The average molecular weight is 683 g/mol. The largest absolute Gasteiger partial charge is 0.463 e. The molecule has 1 atom stereocenters. The van der Waals surface area contributed by atoms with Gasteiger partial charge in [0.25, 0.3) is 0 Å². The molecule has 1 saturated heterocycles. The highest BCUT2D eigenvalue weighted by atomic mass is 16.6. The van der Waals surface area contributed by atoms with E-state index in [2.05, 4.69) is 59.7 Å². The van der Waals surface area contributed by atoms with Crippen LogP contribution in [0.15, 0.2) is 29.1 Å². The third-order valence-corrected chi connectivity index (χ3v) is 8.54. The minimum Gasteiger partial charge on any atom is -0.463 e. The Morgan fingerprint density at radius 3 is 2.47 bits per heavy atom. The minimum absolute atomic E-state index is 0.146. The number of imidazole rings is 1. The quantitative estimate of drug-likeness (QED) is 0.0367. The second-order valence-corrected chi connectivity index (χ2v) is 12.3. The van der Waals surface area contributed by atoms with Crippen molar-refractivity contribution in [1.82, 2.24) is 40.4 Å². The molecule has 49 heavy (non-hydrogen) atoms. The normalized spacial score (nSPS) is 14.4. The van der Waals surface area contributed by atoms with Gasteiger partial charge >= 0.3 is 11.7 Å². The van der Waals surface area contributed by atoms with Gasteiger partial charge in [-0.15, -0.1) is 0 Å². The van der Waals surface area contributed by atoms with Crippen LogP contribution in [0.3, 0.4) is 0 Å². The van der Waals surface area contributed by atoms with Crippen LogP contribution in [0, 0.1) is 11.3 Å². The van der Waals surface area contributed by atoms with E-state index in [1.165, 1.54) is 5.56 Å². The number of piperidine rings is 1. The number of fused-ring (bicyclic) bond motifs is 1. The van der Waals surface area contributed by atoms with Gasteiger partial charge in [0.15, 0.2) is 17.4 Å². The van der Waals surface area contributed by atoms with Crippen LogP contribution in [0.2, 0.25) is 0 Å². The Balaban J connectivity index is 1.22. The molecule has 268 valence electrons. The van der Waals surface area contributed by atoms with Crippen molar-refractivity contribution in [3.63, 3.8) is 0 Å². The Bertz CT molecular complexity index is 1580. The lowest BCUT2D eigenvalue weighted by atomic mass is 9.93. The zero-order valence-corrected chi connectivity index (χ0v) is 28.1. The van der Waals surface area contributed by atoms with Gasteiger partial charge in [0, 0.05) is 19.6 Å². The number of likely N-dealkylation sites (tertiary alicyclic amines) is 1. The van der Waals surface area contributed by atoms with E-state index in [1.807, 2.05) is 12.1 Å². The number of guanidine groups is 1. The zero-order valence-electron chi connectivity index (χ0n) is 28.1. The summed E-state index contributed by atoms with van der Waals surface area (Å²) in [6.45, 7) is 6.20. The van der Waals surface area contributed by atoms with Gasteiger partial charge in [-0.05, 0) is 68.7 Å². The Kier molecular flexibility index (Phi) is 14.2. The number of nitrogen functional groups attached to an aromatic ring is 1. The van der Waals surface area contributed by atoms with Gasteiger partial charge in [0.2, 0.25) is 11.8 Å². The van der Waals surface area contributed by atoms with Crippen LogP contribution in [-0.2, 0) is 27.5 Å². The molecule has 1 aliphatic heterocycles. The molecule has 4 rings (SSSR count). The Morgan fingerprint density at radius 2 is 1.80 bits per heavy atom. The van der Waals surface area contributed by atoms with E-state index in [4.69, 9.17) is 27.5 Å². The fourth-order valence-corrected chi connectivity index (χ4v) is 5.81. The molecule has 3 aromatic rings. The molecule has 3 heterocycles. The second-order valence-electron chi connectivity index (χ2n) is 12.3. The number of hydrogen-bond donors (Lipinski definition) is 8. The Morgan fingerprint density at radius 1 is 1.08 bits per heavy atom. The molecule has 1 fully saturated rings. The molecule has 1 aromatic carbocycles. The third-order valence-electron chi connectivity index (χ3n) is 8.54. The third kappa shape index (κ3) is 11.4. The topological polar surface area (TPSA) is 257 Å². The highest BCUT2D eigenvalue weighted by Gasteiger charge is 2.23. The monoisotopic (exact) mass is 682 g/mol. The molecule has 2 aromatic heterocycles. The molecule has 0 bridgehead atoms. The number of unbranched alkanes of at least 4 members (excludes halogenated alkanes) is 1. The van der Waals surface area contributed by atoms with Crippen molar-refractivity contribution < 1.29 is 19.2 Å². The average Bonchev–Trinajstić information content (AvgIpc) is 3.39. The van der Waals surface area contributed by atoms with E-state index in [-0.39, 0.29) is 36.0 Å². The smallest absolute Gasteiger partial charge is 0.328 e. The number of benzene rings is 1. The maximum atomic E-state index is 12.8. The first-order chi connectivity index (χ1) is 23.7. The molecule has 17 nitrogen and oxygen atoms in total. The number of nitrogens with one attached hydrogen (secondary N) is 5. The summed E-state index contributed by atoms with van der Waals surface area (Å²) in [6.07, 6.45) is 5.66. The van der Waals surface area contributed by atoms with Crippen molar-refractivity contribution in [2.75, 3.05) is 45.1 Å². The molecular weight excluding hydrogens is 632 g/mol. The Hall–Kier alpha value is -4.74. The van der Waals surface area contributed by atoms with E-state index in [9.17, 15) is 14.4 Å². The van der Waals surface area contributed by atoms with Crippen molar-refractivity contribution in [1.29, 1.82) is 5.41 Å². The lowest BCUT2D eigenvalue weighted by Crippen LogP contribution is -2.48. The zero-order chi connectivity index (χ0) is 35.2. The highest BCUT2D eigenvalue weighted by Crippen LogP contribution is 2.22. The first kappa shape index (κ1) is 37.1. The molecule has 2 amide bonds. The highest BCUT2D eigenvalue weighted by molar-refractivity contribution is 5.88. The van der Waals surface area contributed by atoms with E-state index >= 15 is 0 Å². The number of rotatable bonds is 19. The molecule has 11 N–H and O–H groups in total. The van der Waals surface area contributed by atoms with E-state index < -0.39 is 11.9 Å². The summed E-state index contributed by atoms with van der Waals surface area (Å²) < 4.78 is 7.18. The van der Waals surface area contributed by atoms with Gasteiger partial charge in [-0.25, -0.2) is 10.7 Å². The Labute approximate surface area is 285 Å². The number of carbonyl (C=O) groups excluding carboxylic acids is 2. The maximum Gasteiger partial charge on any atom is 0.328 e. The molecule has 0 radical (unpaired) electrons. The van der Waals surface area contributed by atoms with Crippen LogP contribution in [-0.4, -0.2) is 87.6 Å². The number of ether oxygens (including phenoxy) is 1. The summed E-state index contributed by atoms with van der Waals surface area (Å²) in [6, 6.07) is 7.66. The van der Waals surface area contributed by atoms with Crippen LogP contribution < -0.4 is 43.7 Å². The summed E-state index contributed by atoms with van der Waals surface area (Å²) in [5.41, 5.74) is 14.0. The minimum atomic E-state index is -0.733. The standard InChI is InChI=1S/C32H50N12O5/c1-2-3-17-48-31-41-27(33)26-28(42-31)44(32(47)40-26)19-23-8-6-22(7-9-23)18-43-15-11-21(12-16-43)10-14-37-29(46)24(39-25(45)20-49-36)5-4-13-38-30(34)35/h6-9,21,24H,2-5,10-20,36H2,1H3,(H,37,46)(H,39,45)(H,40,47)(H2,33,41,42)(H4,34,35,38)/t24-/m0/s1. The lowest BCUT2D eigenvalue weighted by Gasteiger charge is -2.32. The molecule has 1 aliphatic rings. The van der Waals surface area contributed by atoms with Crippen molar-refractivity contribution in [3.8, 4) is 6.01 Å². The first-order valence-electron chi connectivity index (χ1n) is 16.8. The molecule has 0 spiro atoms. The van der Waals surface area contributed by atoms with Gasteiger partial charge in [-0.3, -0.25) is 29.3 Å². The van der Waals surface area contributed by atoms with Crippen molar-refractivity contribution in [3.05, 3.63) is 45.9 Å². The van der Waals surface area contributed by atoms with E-state index in [1.54, 1.807) is 4.57 Å². The van der Waals surface area contributed by atoms with Crippen LogP contribution in [0.5, 0.6) is 6.01 Å². The predicted molar refractivity (Wildman–Crippen MR) is 185 cm³/mol. The molecular formula is C32H50N12O5. The molecule has 0 unspecified atom stereocenters. The van der Waals surface area contributed by atoms with Crippen LogP contribution >= 0.6 is 0 Å². The van der Waals surface area contributed by atoms with Crippen molar-refractivity contribution >= 4 is 34.8 Å². The summed E-state index contributed by atoms with van der Waals surface area (Å²) in [7, 11) is 0. The van der Waals surface area contributed by atoms with Crippen LogP contribution in [0.4, 0.5) is 5.82 Å². The van der Waals surface area contributed by atoms with E-state index in [0.717, 1.165) is 57.3 Å². The number of anilines is 1. The van der Waals surface area contributed by atoms with E-state index in [0.29, 0.717) is 56.2 Å². The van der Waals surface area contributed by atoms with Crippen LogP contribution in [0.25, 0.3) is 11.2 Å². The van der Waals surface area contributed by atoms with Crippen molar-refractivity contribution in [2.45, 2.75) is 71.0 Å². The lowest BCUT2D eigenvalue weighted by molar-refractivity contribution is -0.131. The van der Waals surface area contributed by atoms with Gasteiger partial charge < -0.3 is 37.1 Å². The number of H-pyrrole nitrogens is 1. The molecule has 0 saturated carbocycles. The summed E-state index contributed by atoms with van der Waals surface area (Å²) >= 11 is 0. The van der Waals surface area contributed by atoms with Gasteiger partial charge in [-0.2, -0.15) is 9.97 Å². The predicted octanol–water partition coefficient (Wildman–Crippen LogP) is 0.286. The fraction of sp³-hybridized carbons (Fsp3) is 0.562. The van der Waals surface area contributed by atoms with Crippen LogP contribution in [0.1, 0.15) is 63.0 Å². The fourth-order valence-electron chi connectivity index (χ4n) is 5.81. The summed E-state index contributed by atoms with van der Waals surface area (Å²) in [5.74, 6) is 4.77. The summed E-state index contributed by atoms with van der Waals surface area (Å²) in [4.78, 5) is 55.8. The molecule has 17 heteroatoms. The first-order valence-corrected chi connectivity index (χ1v) is 16.8. The maximum absolute atomic E-state index is 12.8.